The van der Waals surface area contributed by atoms with Crippen LogP contribution >= 0.6 is 0 Å². The first-order valence-corrected chi connectivity index (χ1v) is 21.1. The fourth-order valence-corrected chi connectivity index (χ4v) is 9.20. The van der Waals surface area contributed by atoms with Gasteiger partial charge in [0.2, 0.25) is 0 Å². The molecule has 0 aliphatic heterocycles. The molecular formula is C59H38N2O. The number of hydrogen-bond donors (Lipinski definition) is 0. The Labute approximate surface area is 359 Å². The van der Waals surface area contributed by atoms with E-state index in [1.54, 1.807) is 6.20 Å². The summed E-state index contributed by atoms with van der Waals surface area (Å²) >= 11 is 0. The second kappa shape index (κ2) is 14.8. The second-order valence-electron chi connectivity index (χ2n) is 16.0. The van der Waals surface area contributed by atoms with Crippen molar-refractivity contribution in [3.63, 3.8) is 0 Å². The van der Waals surface area contributed by atoms with E-state index in [0.717, 1.165) is 33.1 Å². The molecule has 0 radical (unpaired) electrons. The minimum Gasteiger partial charge on any atom is -0.456 e. The summed E-state index contributed by atoms with van der Waals surface area (Å²) in [6.07, 6.45) is 3.65. The lowest BCUT2D eigenvalue weighted by Crippen LogP contribution is -1.92. The van der Waals surface area contributed by atoms with Crippen LogP contribution in [0, 0.1) is 0 Å². The van der Waals surface area contributed by atoms with Gasteiger partial charge in [0.05, 0.1) is 11.0 Å². The van der Waals surface area contributed by atoms with Crippen LogP contribution in [0.25, 0.3) is 116 Å². The van der Waals surface area contributed by atoms with Crippen molar-refractivity contribution in [2.75, 3.05) is 0 Å². The van der Waals surface area contributed by atoms with Crippen molar-refractivity contribution in [2.45, 2.75) is 0 Å². The fourth-order valence-electron chi connectivity index (χ4n) is 9.20. The first-order valence-electron chi connectivity index (χ1n) is 21.1. The molecule has 0 unspecified atom stereocenters. The lowest BCUT2D eigenvalue weighted by molar-refractivity contribution is 0.668. The van der Waals surface area contributed by atoms with Gasteiger partial charge in [-0.15, -0.1) is 0 Å². The van der Waals surface area contributed by atoms with Crippen molar-refractivity contribution in [3.05, 3.63) is 231 Å². The highest BCUT2D eigenvalue weighted by Gasteiger charge is 2.14. The zero-order valence-electron chi connectivity index (χ0n) is 33.7. The Kier molecular flexibility index (Phi) is 8.50. The first kappa shape index (κ1) is 35.7. The van der Waals surface area contributed by atoms with Gasteiger partial charge >= 0.3 is 0 Å². The fraction of sp³-hybridized carbons (Fsp3) is 0. The van der Waals surface area contributed by atoms with Gasteiger partial charge in [-0.3, -0.25) is 4.98 Å². The van der Waals surface area contributed by atoms with Crippen LogP contribution in [0.2, 0.25) is 0 Å². The summed E-state index contributed by atoms with van der Waals surface area (Å²) in [4.78, 5) is 4.34. The molecule has 3 aromatic heterocycles. The van der Waals surface area contributed by atoms with Gasteiger partial charge in [-0.25, -0.2) is 0 Å². The summed E-state index contributed by atoms with van der Waals surface area (Å²) in [5, 5.41) is 4.62. The van der Waals surface area contributed by atoms with Gasteiger partial charge in [-0.05, 0) is 146 Å². The average molecular weight is 791 g/mol. The van der Waals surface area contributed by atoms with Crippen LogP contribution in [0.15, 0.2) is 235 Å². The third-order valence-electron chi connectivity index (χ3n) is 12.3. The summed E-state index contributed by atoms with van der Waals surface area (Å²) in [6, 6.07) is 79.0. The molecule has 0 spiro atoms. The van der Waals surface area contributed by atoms with Gasteiger partial charge < -0.3 is 8.98 Å². The number of hydrogen-bond acceptors (Lipinski definition) is 2. The van der Waals surface area contributed by atoms with E-state index in [0.29, 0.717) is 0 Å². The number of para-hydroxylation sites is 2. The number of fused-ring (bicyclic) bond motifs is 6. The van der Waals surface area contributed by atoms with Crippen LogP contribution in [-0.2, 0) is 0 Å². The highest BCUT2D eigenvalue weighted by atomic mass is 16.3. The normalized spacial score (nSPS) is 11.5. The molecule has 3 heterocycles. The maximum Gasteiger partial charge on any atom is 0.138 e. The molecule has 0 N–H and O–H groups in total. The molecule has 3 nitrogen and oxygen atoms in total. The Morgan fingerprint density at radius 1 is 0.290 bits per heavy atom. The number of pyridine rings is 1. The molecule has 0 saturated heterocycles. The van der Waals surface area contributed by atoms with E-state index in [1.807, 2.05) is 12.3 Å². The molecule has 0 bridgehead atoms. The van der Waals surface area contributed by atoms with Crippen molar-refractivity contribution < 1.29 is 4.42 Å². The second-order valence-corrected chi connectivity index (χ2v) is 16.0. The molecule has 62 heavy (non-hydrogen) atoms. The van der Waals surface area contributed by atoms with E-state index in [9.17, 15) is 0 Å². The Morgan fingerprint density at radius 2 is 0.710 bits per heavy atom. The third-order valence-corrected chi connectivity index (χ3v) is 12.3. The van der Waals surface area contributed by atoms with Gasteiger partial charge in [-0.1, -0.05) is 140 Å². The van der Waals surface area contributed by atoms with Crippen LogP contribution in [0.5, 0.6) is 0 Å². The lowest BCUT2D eigenvalue weighted by Gasteiger charge is -2.11. The van der Waals surface area contributed by atoms with Gasteiger partial charge in [0.1, 0.15) is 11.2 Å². The summed E-state index contributed by atoms with van der Waals surface area (Å²) in [7, 11) is 0. The molecule has 0 aliphatic rings. The molecule has 9 aromatic carbocycles. The standard InChI is InChI=1S/C59H38N2O/c1-2-21-51(22-3-1)61-56-24-5-4-23-52(56)53-36-49(25-27-57(53)61)47-19-9-17-45(34-47)43-15-7-13-41(32-43)39-11-6-12-40(31-39)42-14-8-16-44(33-42)46-18-10-20-48(35-46)50-26-28-58-54(37-50)55-38-60-30-29-59(55)62-58/h1-38H. The molecule has 290 valence electrons. The molecule has 0 atom stereocenters. The minimum atomic E-state index is 0.856. The zero-order valence-corrected chi connectivity index (χ0v) is 33.7. The quantitative estimate of drug-likeness (QED) is 0.161. The largest absolute Gasteiger partial charge is 0.456 e. The summed E-state index contributed by atoms with van der Waals surface area (Å²) in [5.74, 6) is 0. The Hall–Kier alpha value is -8.27. The lowest BCUT2D eigenvalue weighted by atomic mass is 9.93. The van der Waals surface area contributed by atoms with E-state index >= 15 is 0 Å². The highest BCUT2D eigenvalue weighted by Crippen LogP contribution is 2.38. The van der Waals surface area contributed by atoms with Crippen LogP contribution in [0.3, 0.4) is 0 Å². The minimum absolute atomic E-state index is 0.856. The first-order chi connectivity index (χ1) is 30.7. The predicted octanol–water partition coefficient (Wildman–Crippen LogP) is 16.1. The molecule has 0 fully saturated rings. The summed E-state index contributed by atoms with van der Waals surface area (Å²) in [5.41, 5.74) is 19.5. The monoisotopic (exact) mass is 790 g/mol. The van der Waals surface area contributed by atoms with E-state index in [1.165, 1.54) is 83.1 Å². The topological polar surface area (TPSA) is 31.0 Å². The molecule has 12 aromatic rings. The van der Waals surface area contributed by atoms with E-state index in [4.69, 9.17) is 4.42 Å². The molecule has 0 amide bonds. The summed E-state index contributed by atoms with van der Waals surface area (Å²) in [6.45, 7) is 0. The van der Waals surface area contributed by atoms with Crippen molar-refractivity contribution >= 4 is 43.7 Å². The van der Waals surface area contributed by atoms with Crippen LogP contribution in [-0.4, -0.2) is 9.55 Å². The van der Waals surface area contributed by atoms with Crippen molar-refractivity contribution in [3.8, 4) is 72.4 Å². The number of aromatic nitrogens is 2. The maximum absolute atomic E-state index is 6.06. The van der Waals surface area contributed by atoms with E-state index in [-0.39, 0.29) is 0 Å². The smallest absolute Gasteiger partial charge is 0.138 e. The van der Waals surface area contributed by atoms with Crippen LogP contribution in [0.1, 0.15) is 0 Å². The van der Waals surface area contributed by atoms with Crippen molar-refractivity contribution in [1.82, 2.24) is 9.55 Å². The number of rotatable bonds is 7. The molecular weight excluding hydrogens is 753 g/mol. The van der Waals surface area contributed by atoms with Crippen LogP contribution in [0.4, 0.5) is 0 Å². The van der Waals surface area contributed by atoms with Gasteiger partial charge in [0, 0.05) is 39.6 Å². The van der Waals surface area contributed by atoms with Crippen molar-refractivity contribution in [2.24, 2.45) is 0 Å². The van der Waals surface area contributed by atoms with E-state index < -0.39 is 0 Å². The van der Waals surface area contributed by atoms with Gasteiger partial charge in [-0.2, -0.15) is 0 Å². The Balaban J connectivity index is 0.839. The summed E-state index contributed by atoms with van der Waals surface area (Å²) < 4.78 is 8.43. The average Bonchev–Trinajstić information content (AvgIpc) is 3.90. The van der Waals surface area contributed by atoms with E-state index in [2.05, 4.69) is 222 Å². The number of nitrogens with zero attached hydrogens (tertiary/aromatic N) is 2. The maximum atomic E-state index is 6.06. The molecule has 12 rings (SSSR count). The molecule has 0 aliphatic carbocycles. The zero-order chi connectivity index (χ0) is 41.0. The Bertz CT molecular complexity index is 3650. The number of benzene rings is 9. The molecule has 3 heteroatoms. The third kappa shape index (κ3) is 6.27. The predicted molar refractivity (Wildman–Crippen MR) is 258 cm³/mol. The van der Waals surface area contributed by atoms with Gasteiger partial charge in [0.15, 0.2) is 0 Å². The van der Waals surface area contributed by atoms with Crippen molar-refractivity contribution in [1.29, 1.82) is 0 Å². The number of furan rings is 1. The van der Waals surface area contributed by atoms with Gasteiger partial charge in [0.25, 0.3) is 0 Å². The van der Waals surface area contributed by atoms with Crippen LogP contribution < -0.4 is 0 Å². The highest BCUT2D eigenvalue weighted by molar-refractivity contribution is 6.10. The SMILES string of the molecule is c1ccc(-n2c3ccccc3c3cc(-c4cccc(-c5cccc(-c6cccc(-c7cccc(-c8cccc(-c9ccc%10oc%11ccncc%11c%10c9)c8)c7)c6)c5)c4)ccc32)cc1. The molecule has 0 saturated carbocycles. The Morgan fingerprint density at radius 3 is 1.24 bits per heavy atom.